The van der Waals surface area contributed by atoms with Gasteiger partial charge in [0.1, 0.15) is 10.1 Å². The van der Waals surface area contributed by atoms with Crippen LogP contribution in [0, 0.1) is 6.92 Å². The van der Waals surface area contributed by atoms with Crippen molar-refractivity contribution in [1.82, 2.24) is 0 Å². The summed E-state index contributed by atoms with van der Waals surface area (Å²) in [5.41, 5.74) is 1.64. The number of hydrogen-bond acceptors (Lipinski definition) is 5. The van der Waals surface area contributed by atoms with E-state index in [2.05, 4.69) is 7.05 Å². The number of benzene rings is 1. The van der Waals surface area contributed by atoms with Gasteiger partial charge in [0.25, 0.3) is 0 Å². The van der Waals surface area contributed by atoms with Gasteiger partial charge in [0.15, 0.2) is 0 Å². The molecule has 0 N–H and O–H groups in total. The lowest BCUT2D eigenvalue weighted by molar-refractivity contribution is -0.911. The Labute approximate surface area is 167 Å². The zero-order valence-electron chi connectivity index (χ0n) is 15.9. The molecule has 0 radical (unpaired) electrons. The van der Waals surface area contributed by atoms with Crippen LogP contribution in [-0.2, 0) is 16.5 Å². The maximum atomic E-state index is 11.4. The molecule has 1 heterocycles. The van der Waals surface area contributed by atoms with Crippen LogP contribution in [0.2, 0.25) is 0 Å². The minimum atomic E-state index is -4.39. The first kappa shape index (κ1) is 22.1. The second-order valence-electron chi connectivity index (χ2n) is 7.39. The predicted molar refractivity (Wildman–Crippen MR) is 112 cm³/mol. The summed E-state index contributed by atoms with van der Waals surface area (Å²) in [4.78, 5) is -0.0587. The zero-order valence-corrected chi connectivity index (χ0v) is 18.4. The molecule has 26 heavy (non-hydrogen) atoms. The van der Waals surface area contributed by atoms with E-state index in [9.17, 15) is 13.0 Å². The first-order valence-corrected chi connectivity index (χ1v) is 13.1. The van der Waals surface area contributed by atoms with E-state index < -0.39 is 10.1 Å². The first-order chi connectivity index (χ1) is 12.3. The van der Waals surface area contributed by atoms with E-state index in [1.54, 1.807) is 6.07 Å². The Bertz CT molecular complexity index is 671. The molecule has 1 aliphatic heterocycles. The van der Waals surface area contributed by atoms with Gasteiger partial charge in [0.2, 0.25) is 0 Å². The third-order valence-electron chi connectivity index (χ3n) is 5.04. The van der Waals surface area contributed by atoms with Gasteiger partial charge in [-0.1, -0.05) is 17.7 Å². The highest BCUT2D eigenvalue weighted by Crippen LogP contribution is 2.20. The van der Waals surface area contributed by atoms with Gasteiger partial charge in [-0.2, -0.15) is 23.5 Å². The van der Waals surface area contributed by atoms with Crippen molar-refractivity contribution in [2.75, 3.05) is 49.7 Å². The summed E-state index contributed by atoms with van der Waals surface area (Å²) in [6.45, 7) is 5.84. The van der Waals surface area contributed by atoms with Crippen molar-refractivity contribution in [3.8, 4) is 0 Å². The molecular weight excluding hydrogens is 386 g/mol. The molecule has 2 rings (SSSR count). The molecule has 0 saturated carbocycles. The molecule has 0 amide bonds. The lowest BCUT2D eigenvalue weighted by Gasteiger charge is -2.37. The van der Waals surface area contributed by atoms with Crippen LogP contribution in [0.15, 0.2) is 23.1 Å². The second kappa shape index (κ2) is 10.4. The normalized spacial score (nSPS) is 17.3. The van der Waals surface area contributed by atoms with Crippen LogP contribution in [0.25, 0.3) is 0 Å². The average molecular weight is 418 g/mol. The molecule has 0 bridgehead atoms. The minimum Gasteiger partial charge on any atom is -0.744 e. The number of piperidine rings is 1. The van der Waals surface area contributed by atoms with Crippen molar-refractivity contribution < 1.29 is 17.5 Å². The molecule has 0 aliphatic carbocycles. The van der Waals surface area contributed by atoms with Crippen LogP contribution < -0.4 is 0 Å². The van der Waals surface area contributed by atoms with E-state index in [0.29, 0.717) is 12.0 Å². The van der Waals surface area contributed by atoms with Crippen LogP contribution in [-0.4, -0.2) is 67.1 Å². The topological polar surface area (TPSA) is 57.2 Å². The van der Waals surface area contributed by atoms with Crippen molar-refractivity contribution in [3.05, 3.63) is 29.3 Å². The second-order valence-corrected chi connectivity index (χ2v) is 11.2. The van der Waals surface area contributed by atoms with Crippen molar-refractivity contribution in [3.63, 3.8) is 0 Å². The molecule has 0 spiro atoms. The molecule has 1 aliphatic rings. The predicted octanol–water partition coefficient (Wildman–Crippen LogP) is 3.54. The fraction of sp³-hybridized carbons (Fsp3) is 0.684. The van der Waals surface area contributed by atoms with E-state index in [-0.39, 0.29) is 4.90 Å². The summed E-state index contributed by atoms with van der Waals surface area (Å²) in [5, 5.41) is 0. The monoisotopic (exact) mass is 417 g/mol. The summed E-state index contributed by atoms with van der Waals surface area (Å²) in [6.07, 6.45) is 4.77. The molecule has 1 aromatic carbocycles. The Morgan fingerprint density at radius 3 is 2.35 bits per heavy atom. The Kier molecular flexibility index (Phi) is 8.80. The van der Waals surface area contributed by atoms with E-state index in [1.165, 1.54) is 55.2 Å². The smallest absolute Gasteiger partial charge is 0.124 e. The fourth-order valence-electron chi connectivity index (χ4n) is 3.44. The number of quaternary nitrogens is 1. The van der Waals surface area contributed by atoms with Crippen molar-refractivity contribution in [2.24, 2.45) is 0 Å². The third kappa shape index (κ3) is 7.43. The molecule has 1 saturated heterocycles. The maximum Gasteiger partial charge on any atom is 0.124 e. The standard InChI is InChI=1S/C19H31NO3S3/c1-17-6-7-19(26(21,22)23)18(16-17)8-12-24-14-15-25-13-11-20(2)9-4-3-5-10-20/h6-7,16H,3-5,8-15H2,1-2H3. The maximum absolute atomic E-state index is 11.4. The van der Waals surface area contributed by atoms with Gasteiger partial charge in [-0.25, -0.2) is 8.42 Å². The summed E-state index contributed by atoms with van der Waals surface area (Å²) in [5.74, 6) is 4.26. The highest BCUT2D eigenvalue weighted by atomic mass is 32.2. The lowest BCUT2D eigenvalue weighted by atomic mass is 10.1. The zero-order chi connectivity index (χ0) is 19.0. The van der Waals surface area contributed by atoms with E-state index in [4.69, 9.17) is 0 Å². The van der Waals surface area contributed by atoms with E-state index in [1.807, 2.05) is 36.5 Å². The SMILES string of the molecule is Cc1ccc(S(=O)(=O)[O-])c(CCSCCSCC[N+]2(C)CCCCC2)c1. The van der Waals surface area contributed by atoms with Crippen LogP contribution in [0.4, 0.5) is 0 Å². The molecule has 1 fully saturated rings. The van der Waals surface area contributed by atoms with Gasteiger partial charge in [-0.15, -0.1) is 0 Å². The molecule has 0 aromatic heterocycles. The first-order valence-electron chi connectivity index (χ1n) is 9.35. The van der Waals surface area contributed by atoms with Gasteiger partial charge in [0.05, 0.1) is 31.6 Å². The summed E-state index contributed by atoms with van der Waals surface area (Å²) in [6, 6.07) is 4.95. The summed E-state index contributed by atoms with van der Waals surface area (Å²) < 4.78 is 35.3. The molecule has 148 valence electrons. The molecule has 4 nitrogen and oxygen atoms in total. The van der Waals surface area contributed by atoms with Crippen LogP contribution >= 0.6 is 23.5 Å². The Morgan fingerprint density at radius 2 is 1.69 bits per heavy atom. The molecule has 0 unspecified atom stereocenters. The number of thioether (sulfide) groups is 2. The Hall–Kier alpha value is -0.210. The third-order valence-corrected chi connectivity index (χ3v) is 8.19. The molecule has 0 atom stereocenters. The van der Waals surface area contributed by atoms with Gasteiger partial charge >= 0.3 is 0 Å². The number of aryl methyl sites for hydroxylation is 2. The number of nitrogens with zero attached hydrogens (tertiary/aromatic N) is 1. The fourth-order valence-corrected chi connectivity index (χ4v) is 6.44. The Morgan fingerprint density at radius 1 is 1.04 bits per heavy atom. The van der Waals surface area contributed by atoms with E-state index >= 15 is 0 Å². The van der Waals surface area contributed by atoms with Crippen LogP contribution in [0.3, 0.4) is 0 Å². The van der Waals surface area contributed by atoms with Gasteiger partial charge < -0.3 is 9.04 Å². The van der Waals surface area contributed by atoms with Crippen LogP contribution in [0.1, 0.15) is 30.4 Å². The quantitative estimate of drug-likeness (QED) is 0.331. The van der Waals surface area contributed by atoms with Gasteiger partial charge in [-0.3, -0.25) is 0 Å². The molecule has 7 heteroatoms. The van der Waals surface area contributed by atoms with Crippen molar-refractivity contribution in [1.29, 1.82) is 0 Å². The lowest BCUT2D eigenvalue weighted by Crippen LogP contribution is -2.49. The average Bonchev–Trinajstić information content (AvgIpc) is 2.57. The highest BCUT2D eigenvalue weighted by molar-refractivity contribution is 8.02. The minimum absolute atomic E-state index is 0.0587. The van der Waals surface area contributed by atoms with Crippen LogP contribution in [0.5, 0.6) is 0 Å². The summed E-state index contributed by atoms with van der Waals surface area (Å²) >= 11 is 3.85. The number of likely N-dealkylation sites (tertiary alicyclic amines) is 1. The number of hydrogen-bond donors (Lipinski definition) is 0. The van der Waals surface area contributed by atoms with Crippen molar-refractivity contribution in [2.45, 2.75) is 37.5 Å². The van der Waals surface area contributed by atoms with E-state index in [0.717, 1.165) is 22.8 Å². The number of rotatable bonds is 10. The Balaban J connectivity index is 1.63. The van der Waals surface area contributed by atoms with Gasteiger partial charge in [-0.05, 0) is 50.0 Å². The summed E-state index contributed by atoms with van der Waals surface area (Å²) in [7, 11) is -2.00. The van der Waals surface area contributed by atoms with Gasteiger partial charge in [0, 0.05) is 17.3 Å². The highest BCUT2D eigenvalue weighted by Gasteiger charge is 2.23. The van der Waals surface area contributed by atoms with Crippen molar-refractivity contribution >= 4 is 33.6 Å². The molecule has 1 aromatic rings. The molecular formula is C19H31NO3S3. The largest absolute Gasteiger partial charge is 0.744 e.